The predicted molar refractivity (Wildman–Crippen MR) is 109 cm³/mol. The van der Waals surface area contributed by atoms with E-state index in [0.29, 0.717) is 0 Å². The number of unbranched alkanes of at least 4 members (excludes halogenated alkanes) is 5. The summed E-state index contributed by atoms with van der Waals surface area (Å²) >= 11 is 0. The molecule has 0 aliphatic carbocycles. The smallest absolute Gasteiger partial charge is 0.306 e. The Labute approximate surface area is 154 Å². The van der Waals surface area contributed by atoms with Crippen molar-refractivity contribution in [3.8, 4) is 0 Å². The maximum Gasteiger partial charge on any atom is 0.364 e. The lowest BCUT2D eigenvalue weighted by Gasteiger charge is -2.03. The first-order valence-corrected chi connectivity index (χ1v) is 11.5. The Balaban J connectivity index is 3.42. The van der Waals surface area contributed by atoms with E-state index in [-0.39, 0.29) is 6.61 Å². The maximum atomic E-state index is 12.6. The fourth-order valence-corrected chi connectivity index (χ4v) is 2.61. The standard InChI is InChI=1S/C21H36FO2P/c1-3-4-5-6-7-8-9-10-11-12-13-14-15-16-17-18-19-20-21-24-25(2,22)23/h7-8,10-11,13-14,16-17H,3-6,9,12,15,18-21H2,1-2H3/b8-7+,11-10+,14-13+,17-16+. The van der Waals surface area contributed by atoms with Gasteiger partial charge < -0.3 is 4.52 Å². The average molecular weight is 370 g/mol. The molecule has 1 unspecified atom stereocenters. The van der Waals surface area contributed by atoms with Crippen LogP contribution in [0.3, 0.4) is 0 Å². The van der Waals surface area contributed by atoms with Crippen LogP contribution in [-0.4, -0.2) is 13.3 Å². The van der Waals surface area contributed by atoms with E-state index < -0.39 is 7.68 Å². The van der Waals surface area contributed by atoms with Gasteiger partial charge in [0.25, 0.3) is 0 Å². The number of hydrogen-bond acceptors (Lipinski definition) is 2. The second-order valence-corrected chi connectivity index (χ2v) is 7.92. The summed E-state index contributed by atoms with van der Waals surface area (Å²) in [5.74, 6) is 0. The molecule has 0 fully saturated rings. The van der Waals surface area contributed by atoms with Crippen LogP contribution in [-0.2, 0) is 9.09 Å². The first-order chi connectivity index (χ1) is 12.1. The van der Waals surface area contributed by atoms with Crippen LogP contribution in [0.5, 0.6) is 0 Å². The van der Waals surface area contributed by atoms with Gasteiger partial charge in [0, 0.05) is 6.66 Å². The van der Waals surface area contributed by atoms with Crippen molar-refractivity contribution < 1.29 is 13.3 Å². The van der Waals surface area contributed by atoms with E-state index in [9.17, 15) is 8.76 Å². The lowest BCUT2D eigenvalue weighted by molar-refractivity contribution is 0.284. The first kappa shape index (κ1) is 24.1. The number of halogens is 1. The minimum Gasteiger partial charge on any atom is -0.306 e. The third-order valence-electron chi connectivity index (χ3n) is 3.54. The van der Waals surface area contributed by atoms with Gasteiger partial charge >= 0.3 is 7.68 Å². The van der Waals surface area contributed by atoms with Crippen LogP contribution in [0.2, 0.25) is 0 Å². The van der Waals surface area contributed by atoms with Crippen molar-refractivity contribution in [3.05, 3.63) is 48.6 Å². The van der Waals surface area contributed by atoms with Gasteiger partial charge in [-0.05, 0) is 51.4 Å². The molecule has 0 heterocycles. The van der Waals surface area contributed by atoms with Crippen molar-refractivity contribution in [2.24, 2.45) is 0 Å². The molecule has 0 bridgehead atoms. The van der Waals surface area contributed by atoms with Crippen molar-refractivity contribution in [3.63, 3.8) is 0 Å². The van der Waals surface area contributed by atoms with Gasteiger partial charge in [0.05, 0.1) is 6.61 Å². The van der Waals surface area contributed by atoms with Crippen LogP contribution >= 0.6 is 7.68 Å². The summed E-state index contributed by atoms with van der Waals surface area (Å²) in [4.78, 5) is 0. The second kappa shape index (κ2) is 17.9. The summed E-state index contributed by atoms with van der Waals surface area (Å²) in [5.41, 5.74) is 0. The summed E-state index contributed by atoms with van der Waals surface area (Å²) in [6.45, 7) is 3.46. The Bertz CT molecular complexity index is 447. The molecule has 0 aromatic heterocycles. The molecule has 0 aromatic rings. The molecule has 0 rings (SSSR count). The van der Waals surface area contributed by atoms with E-state index in [2.05, 4.69) is 60.1 Å². The van der Waals surface area contributed by atoms with Crippen molar-refractivity contribution in [1.82, 2.24) is 0 Å². The topological polar surface area (TPSA) is 26.3 Å². The van der Waals surface area contributed by atoms with E-state index >= 15 is 0 Å². The van der Waals surface area contributed by atoms with Crippen molar-refractivity contribution in [2.75, 3.05) is 13.3 Å². The molecular weight excluding hydrogens is 334 g/mol. The van der Waals surface area contributed by atoms with Crippen molar-refractivity contribution in [2.45, 2.75) is 71.1 Å². The van der Waals surface area contributed by atoms with Gasteiger partial charge in [-0.15, -0.1) is 0 Å². The minimum absolute atomic E-state index is 0.234. The van der Waals surface area contributed by atoms with Crippen LogP contribution in [0, 0.1) is 0 Å². The molecular formula is C21H36FO2P. The van der Waals surface area contributed by atoms with Crippen LogP contribution in [0.25, 0.3) is 0 Å². The monoisotopic (exact) mass is 370 g/mol. The van der Waals surface area contributed by atoms with Gasteiger partial charge in [-0.2, -0.15) is 4.20 Å². The van der Waals surface area contributed by atoms with Gasteiger partial charge in [0.2, 0.25) is 0 Å². The summed E-state index contributed by atoms with van der Waals surface area (Å²) in [6.07, 6.45) is 28.2. The lowest BCUT2D eigenvalue weighted by Crippen LogP contribution is -1.88. The minimum atomic E-state index is -3.79. The predicted octanol–water partition coefficient (Wildman–Crippen LogP) is 7.94. The number of hydrogen-bond donors (Lipinski definition) is 0. The van der Waals surface area contributed by atoms with Crippen LogP contribution in [0.1, 0.15) is 71.1 Å². The zero-order valence-electron chi connectivity index (χ0n) is 16.0. The van der Waals surface area contributed by atoms with Crippen LogP contribution < -0.4 is 0 Å². The molecule has 0 aliphatic heterocycles. The lowest BCUT2D eigenvalue weighted by atomic mass is 10.2. The second-order valence-electron chi connectivity index (χ2n) is 6.16. The Morgan fingerprint density at radius 2 is 1.20 bits per heavy atom. The molecule has 4 heteroatoms. The third kappa shape index (κ3) is 23.1. The van der Waals surface area contributed by atoms with E-state index in [1.54, 1.807) is 0 Å². The summed E-state index contributed by atoms with van der Waals surface area (Å²) in [6, 6.07) is 0. The van der Waals surface area contributed by atoms with Crippen LogP contribution in [0.15, 0.2) is 48.6 Å². The van der Waals surface area contributed by atoms with Gasteiger partial charge in [-0.1, -0.05) is 68.4 Å². The summed E-state index contributed by atoms with van der Waals surface area (Å²) < 4.78 is 27.9. The Morgan fingerprint density at radius 1 is 0.760 bits per heavy atom. The Kier molecular flexibility index (Phi) is 17.2. The molecule has 0 N–H and O–H groups in total. The molecule has 0 amide bonds. The van der Waals surface area contributed by atoms with Crippen molar-refractivity contribution >= 4 is 7.68 Å². The molecule has 25 heavy (non-hydrogen) atoms. The zero-order chi connectivity index (χ0) is 18.6. The molecule has 0 aromatic carbocycles. The highest BCUT2D eigenvalue weighted by Crippen LogP contribution is 2.43. The Morgan fingerprint density at radius 3 is 1.64 bits per heavy atom. The van der Waals surface area contributed by atoms with E-state index in [4.69, 9.17) is 0 Å². The van der Waals surface area contributed by atoms with E-state index in [1.165, 1.54) is 25.7 Å². The Hall–Kier alpha value is -0.920. The molecule has 0 radical (unpaired) electrons. The van der Waals surface area contributed by atoms with Gasteiger partial charge in [0.1, 0.15) is 0 Å². The fourth-order valence-electron chi connectivity index (χ4n) is 2.15. The van der Waals surface area contributed by atoms with Gasteiger partial charge in [-0.3, -0.25) is 4.57 Å². The highest BCUT2D eigenvalue weighted by Gasteiger charge is 2.11. The molecule has 144 valence electrons. The van der Waals surface area contributed by atoms with Crippen LogP contribution in [0.4, 0.5) is 4.20 Å². The average Bonchev–Trinajstić information content (AvgIpc) is 2.56. The molecule has 0 spiro atoms. The highest BCUT2D eigenvalue weighted by atomic mass is 31.2. The van der Waals surface area contributed by atoms with Gasteiger partial charge in [0.15, 0.2) is 0 Å². The zero-order valence-corrected chi connectivity index (χ0v) is 16.9. The maximum absolute atomic E-state index is 12.6. The first-order valence-electron chi connectivity index (χ1n) is 9.58. The number of allylic oxidation sites excluding steroid dienone is 8. The number of rotatable bonds is 16. The third-order valence-corrected chi connectivity index (χ3v) is 4.19. The van der Waals surface area contributed by atoms with E-state index in [0.717, 1.165) is 45.2 Å². The summed E-state index contributed by atoms with van der Waals surface area (Å²) in [5, 5.41) is 0. The SMILES string of the molecule is CCCCC/C=C/C/C=C/C/C=C/C/C=C/CCCCOP(C)(=O)F. The normalized spacial score (nSPS) is 15.2. The van der Waals surface area contributed by atoms with Crippen molar-refractivity contribution in [1.29, 1.82) is 0 Å². The highest BCUT2D eigenvalue weighted by molar-refractivity contribution is 7.52. The van der Waals surface area contributed by atoms with E-state index in [1.807, 2.05) is 0 Å². The molecule has 0 saturated carbocycles. The van der Waals surface area contributed by atoms with Gasteiger partial charge in [-0.25, -0.2) is 0 Å². The summed E-state index contributed by atoms with van der Waals surface area (Å²) in [7, 11) is -3.79. The molecule has 0 aliphatic rings. The quantitative estimate of drug-likeness (QED) is 0.157. The molecule has 0 saturated heterocycles. The molecule has 1 atom stereocenters. The largest absolute Gasteiger partial charge is 0.364 e. The molecule has 2 nitrogen and oxygen atoms in total. The fraction of sp³-hybridized carbons (Fsp3) is 0.619.